The Labute approximate surface area is 100 Å². The Morgan fingerprint density at radius 3 is 2.94 bits per heavy atom. The molecule has 0 heterocycles. The maximum atomic E-state index is 10.8. The molecule has 1 aromatic carbocycles. The maximum Gasteiger partial charge on any atom is 0.329 e. The summed E-state index contributed by atoms with van der Waals surface area (Å²) in [5, 5.41) is 0. The van der Waals surface area contributed by atoms with Crippen LogP contribution in [0.25, 0.3) is 5.70 Å². The molecule has 0 fully saturated rings. The molecule has 0 unspecified atom stereocenters. The molecule has 0 saturated carbocycles. The quantitative estimate of drug-likeness (QED) is 0.812. The summed E-state index contributed by atoms with van der Waals surface area (Å²) in [5.41, 5.74) is 5.67. The van der Waals surface area contributed by atoms with Gasteiger partial charge in [0, 0.05) is 18.1 Å². The molecule has 4 heteroatoms. The van der Waals surface area contributed by atoms with E-state index in [0.717, 1.165) is 35.4 Å². The van der Waals surface area contributed by atoms with Gasteiger partial charge in [0.1, 0.15) is 5.75 Å². The van der Waals surface area contributed by atoms with Crippen LogP contribution in [0.3, 0.4) is 0 Å². The summed E-state index contributed by atoms with van der Waals surface area (Å²) in [6, 6.07) is 5.85. The summed E-state index contributed by atoms with van der Waals surface area (Å²) in [5.74, 6) is 0.513. The number of rotatable bonds is 3. The molecule has 0 aromatic heterocycles. The molecular weight excluding hydrogens is 218 g/mol. The first-order valence-electron chi connectivity index (χ1n) is 5.52. The minimum absolute atomic E-state index is 0.360. The topological polar surface area (TPSA) is 47.6 Å². The predicted octanol–water partition coefficient (Wildman–Crippen LogP) is 2.05. The lowest BCUT2D eigenvalue weighted by molar-refractivity contribution is -0.145. The highest BCUT2D eigenvalue weighted by molar-refractivity contribution is 5.72. The Kier molecular flexibility index (Phi) is 3.32. The normalized spacial score (nSPS) is 13.4. The second-order valence-corrected chi connectivity index (χ2v) is 3.84. The standard InChI is InChI=1S/C13H15NO3/c1-9(15)17-14-12-7-3-6-11-10(12)5-4-8-13(11)16-2/h4-5,7-8,14H,3,6H2,1-2H3. The Morgan fingerprint density at radius 1 is 1.41 bits per heavy atom. The zero-order valence-electron chi connectivity index (χ0n) is 9.95. The van der Waals surface area contributed by atoms with Crippen LogP contribution in [0.5, 0.6) is 5.75 Å². The van der Waals surface area contributed by atoms with Crippen molar-refractivity contribution in [3.05, 3.63) is 35.4 Å². The van der Waals surface area contributed by atoms with Crippen molar-refractivity contribution < 1.29 is 14.4 Å². The van der Waals surface area contributed by atoms with E-state index in [-0.39, 0.29) is 5.97 Å². The molecule has 0 amide bonds. The lowest BCUT2D eigenvalue weighted by Gasteiger charge is -2.20. The monoisotopic (exact) mass is 233 g/mol. The smallest absolute Gasteiger partial charge is 0.329 e. The van der Waals surface area contributed by atoms with Gasteiger partial charge in [-0.3, -0.25) is 4.79 Å². The van der Waals surface area contributed by atoms with Gasteiger partial charge in [-0.1, -0.05) is 18.2 Å². The van der Waals surface area contributed by atoms with Gasteiger partial charge in [0.2, 0.25) is 0 Å². The molecule has 0 saturated heterocycles. The maximum absolute atomic E-state index is 10.8. The third-order valence-electron chi connectivity index (χ3n) is 2.69. The van der Waals surface area contributed by atoms with Crippen molar-refractivity contribution in [2.45, 2.75) is 19.8 Å². The number of hydrogen-bond acceptors (Lipinski definition) is 4. The first kappa shape index (κ1) is 11.5. The van der Waals surface area contributed by atoms with Crippen molar-refractivity contribution in [2.24, 2.45) is 0 Å². The second-order valence-electron chi connectivity index (χ2n) is 3.84. The lowest BCUT2D eigenvalue weighted by atomic mass is 9.94. The van der Waals surface area contributed by atoms with Gasteiger partial charge in [0.25, 0.3) is 0 Å². The highest BCUT2D eigenvalue weighted by Crippen LogP contribution is 2.31. The average molecular weight is 233 g/mol. The summed E-state index contributed by atoms with van der Waals surface area (Å²) < 4.78 is 5.32. The van der Waals surface area contributed by atoms with Gasteiger partial charge in [-0.05, 0) is 18.9 Å². The van der Waals surface area contributed by atoms with E-state index in [1.807, 2.05) is 24.3 Å². The van der Waals surface area contributed by atoms with E-state index in [2.05, 4.69) is 5.48 Å². The van der Waals surface area contributed by atoms with E-state index in [1.54, 1.807) is 7.11 Å². The molecule has 1 aliphatic carbocycles. The number of nitrogens with one attached hydrogen (secondary N) is 1. The number of allylic oxidation sites excluding steroid dienone is 1. The van der Waals surface area contributed by atoms with Crippen LogP contribution < -0.4 is 10.2 Å². The van der Waals surface area contributed by atoms with Crippen LogP contribution in [0.1, 0.15) is 24.5 Å². The fraction of sp³-hybridized carbons (Fsp3) is 0.308. The zero-order valence-corrected chi connectivity index (χ0v) is 9.95. The third kappa shape index (κ3) is 2.41. The van der Waals surface area contributed by atoms with E-state index < -0.39 is 0 Å². The van der Waals surface area contributed by atoms with Gasteiger partial charge in [-0.15, -0.1) is 0 Å². The number of hydroxylamine groups is 1. The molecule has 1 N–H and O–H groups in total. The number of benzene rings is 1. The summed E-state index contributed by atoms with van der Waals surface area (Å²) in [6.07, 6.45) is 3.85. The largest absolute Gasteiger partial charge is 0.496 e. The molecule has 2 rings (SSSR count). The Balaban J connectivity index is 2.28. The Bertz CT molecular complexity index is 466. The molecular formula is C13H15NO3. The van der Waals surface area contributed by atoms with E-state index in [1.165, 1.54) is 6.92 Å². The average Bonchev–Trinajstić information content (AvgIpc) is 2.35. The van der Waals surface area contributed by atoms with Crippen molar-refractivity contribution >= 4 is 11.7 Å². The van der Waals surface area contributed by atoms with Gasteiger partial charge < -0.3 is 9.57 Å². The van der Waals surface area contributed by atoms with Crippen molar-refractivity contribution in [3.63, 3.8) is 0 Å². The van der Waals surface area contributed by atoms with Crippen molar-refractivity contribution in [2.75, 3.05) is 7.11 Å². The highest BCUT2D eigenvalue weighted by Gasteiger charge is 2.16. The van der Waals surface area contributed by atoms with Crippen LogP contribution in [0.15, 0.2) is 24.3 Å². The molecule has 0 spiro atoms. The van der Waals surface area contributed by atoms with Crippen molar-refractivity contribution in [1.82, 2.24) is 5.48 Å². The highest BCUT2D eigenvalue weighted by atomic mass is 16.7. The summed E-state index contributed by atoms with van der Waals surface area (Å²) in [6.45, 7) is 1.36. The molecule has 90 valence electrons. The van der Waals surface area contributed by atoms with E-state index in [0.29, 0.717) is 0 Å². The fourth-order valence-electron chi connectivity index (χ4n) is 1.96. The molecule has 0 radical (unpaired) electrons. The third-order valence-corrected chi connectivity index (χ3v) is 2.69. The first-order valence-corrected chi connectivity index (χ1v) is 5.52. The minimum Gasteiger partial charge on any atom is -0.496 e. The van der Waals surface area contributed by atoms with Crippen LogP contribution >= 0.6 is 0 Å². The van der Waals surface area contributed by atoms with Gasteiger partial charge in [-0.2, -0.15) is 0 Å². The van der Waals surface area contributed by atoms with Gasteiger partial charge >= 0.3 is 5.97 Å². The van der Waals surface area contributed by atoms with E-state index >= 15 is 0 Å². The second kappa shape index (κ2) is 4.91. The Morgan fingerprint density at radius 2 is 2.24 bits per heavy atom. The zero-order chi connectivity index (χ0) is 12.3. The molecule has 0 aliphatic heterocycles. The van der Waals surface area contributed by atoms with Gasteiger partial charge in [0.05, 0.1) is 12.8 Å². The summed E-state index contributed by atoms with van der Waals surface area (Å²) in [7, 11) is 1.66. The van der Waals surface area contributed by atoms with E-state index in [4.69, 9.17) is 9.57 Å². The van der Waals surface area contributed by atoms with Crippen molar-refractivity contribution in [1.29, 1.82) is 0 Å². The Hall–Kier alpha value is -1.97. The predicted molar refractivity (Wildman–Crippen MR) is 64.2 cm³/mol. The van der Waals surface area contributed by atoms with Crippen molar-refractivity contribution in [3.8, 4) is 5.75 Å². The fourth-order valence-corrected chi connectivity index (χ4v) is 1.96. The number of carbonyl (C=O) groups is 1. The van der Waals surface area contributed by atoms with Gasteiger partial charge in [0.15, 0.2) is 0 Å². The minimum atomic E-state index is -0.360. The molecule has 1 aliphatic rings. The number of methoxy groups -OCH3 is 1. The number of carbonyl (C=O) groups excluding carboxylic acids is 1. The molecule has 4 nitrogen and oxygen atoms in total. The summed E-state index contributed by atoms with van der Waals surface area (Å²) >= 11 is 0. The van der Waals surface area contributed by atoms with Crippen LogP contribution in [-0.2, 0) is 16.1 Å². The molecule has 0 bridgehead atoms. The number of fused-ring (bicyclic) bond motifs is 1. The first-order chi connectivity index (χ1) is 8.22. The van der Waals surface area contributed by atoms with Crippen LogP contribution in [0.4, 0.5) is 0 Å². The number of hydrogen-bond donors (Lipinski definition) is 1. The SMILES string of the molecule is COc1cccc2c1CCC=C2NOC(C)=O. The van der Waals surface area contributed by atoms with Crippen LogP contribution in [-0.4, -0.2) is 13.1 Å². The molecule has 1 aromatic rings. The van der Waals surface area contributed by atoms with Crippen LogP contribution in [0.2, 0.25) is 0 Å². The number of ether oxygens (including phenoxy) is 1. The lowest BCUT2D eigenvalue weighted by Crippen LogP contribution is -2.19. The van der Waals surface area contributed by atoms with E-state index in [9.17, 15) is 4.79 Å². The molecule has 0 atom stereocenters. The summed E-state index contributed by atoms with van der Waals surface area (Å²) in [4.78, 5) is 15.6. The van der Waals surface area contributed by atoms with Gasteiger partial charge in [-0.25, -0.2) is 5.48 Å². The van der Waals surface area contributed by atoms with Crippen LogP contribution in [0, 0.1) is 0 Å². The molecule has 17 heavy (non-hydrogen) atoms.